The number of hydrogen-bond acceptors (Lipinski definition) is 4. The maximum absolute atomic E-state index is 12.3. The lowest BCUT2D eigenvalue weighted by atomic mass is 9.71. The second-order valence-corrected chi connectivity index (χ2v) is 6.06. The van der Waals surface area contributed by atoms with Crippen LogP contribution in [0.15, 0.2) is 24.3 Å². The summed E-state index contributed by atoms with van der Waals surface area (Å²) in [5.74, 6) is -0.462. The molecule has 1 saturated carbocycles. The van der Waals surface area contributed by atoms with Gasteiger partial charge in [0.1, 0.15) is 0 Å². The molecule has 5 heteroatoms. The number of amides is 1. The molecule has 1 aromatic carbocycles. The van der Waals surface area contributed by atoms with E-state index >= 15 is 0 Å². The second kappa shape index (κ2) is 7.40. The number of carbonyl (C=O) groups is 2. The minimum Gasteiger partial charge on any atom is -0.465 e. The number of esters is 1. The number of nitrogens with two attached hydrogens (primary N) is 1. The van der Waals surface area contributed by atoms with Crippen LogP contribution in [0.2, 0.25) is 0 Å². The second-order valence-electron chi connectivity index (χ2n) is 6.06. The normalized spacial score (nSPS) is 16.8. The van der Waals surface area contributed by atoms with E-state index in [0.717, 1.165) is 25.7 Å². The zero-order valence-corrected chi connectivity index (χ0v) is 13.1. The van der Waals surface area contributed by atoms with E-state index in [0.29, 0.717) is 24.2 Å². The third kappa shape index (κ3) is 4.07. The van der Waals surface area contributed by atoms with Gasteiger partial charge in [-0.25, -0.2) is 4.79 Å². The van der Waals surface area contributed by atoms with Crippen molar-refractivity contribution in [2.45, 2.75) is 38.5 Å². The molecule has 120 valence electrons. The molecule has 1 aromatic rings. The predicted molar refractivity (Wildman–Crippen MR) is 85.6 cm³/mol. The van der Waals surface area contributed by atoms with Crippen LogP contribution in [0.4, 0.5) is 5.69 Å². The highest BCUT2D eigenvalue weighted by Crippen LogP contribution is 2.38. The van der Waals surface area contributed by atoms with Gasteiger partial charge in [-0.15, -0.1) is 0 Å². The van der Waals surface area contributed by atoms with E-state index in [1.165, 1.54) is 13.5 Å². The number of nitrogens with one attached hydrogen (secondary N) is 1. The van der Waals surface area contributed by atoms with Gasteiger partial charge < -0.3 is 15.8 Å². The van der Waals surface area contributed by atoms with Gasteiger partial charge in [0.15, 0.2) is 0 Å². The third-order valence-electron chi connectivity index (χ3n) is 4.45. The van der Waals surface area contributed by atoms with E-state index in [-0.39, 0.29) is 11.3 Å². The summed E-state index contributed by atoms with van der Waals surface area (Å²) in [6.07, 6.45) is 5.97. The largest absolute Gasteiger partial charge is 0.465 e. The summed E-state index contributed by atoms with van der Waals surface area (Å²) in [6, 6.07) is 6.77. The van der Waals surface area contributed by atoms with Crippen LogP contribution in [-0.4, -0.2) is 25.5 Å². The van der Waals surface area contributed by atoms with Gasteiger partial charge in [0.25, 0.3) is 0 Å². The van der Waals surface area contributed by atoms with E-state index in [1.807, 2.05) is 0 Å². The van der Waals surface area contributed by atoms with Crippen molar-refractivity contribution < 1.29 is 14.3 Å². The molecule has 1 aliphatic rings. The Bertz CT molecular complexity index is 536. The van der Waals surface area contributed by atoms with Crippen molar-refractivity contribution >= 4 is 17.6 Å². The Morgan fingerprint density at radius 1 is 1.27 bits per heavy atom. The van der Waals surface area contributed by atoms with Gasteiger partial charge in [-0.2, -0.15) is 0 Å². The molecular weight excluding hydrogens is 280 g/mol. The highest BCUT2D eigenvalue weighted by atomic mass is 16.5. The number of anilines is 1. The number of ether oxygens (including phenoxy) is 1. The predicted octanol–water partition coefficient (Wildman–Crippen LogP) is 2.71. The number of carbonyl (C=O) groups excluding carboxylic acids is 2. The Morgan fingerprint density at radius 2 is 2.00 bits per heavy atom. The molecule has 0 saturated heterocycles. The SMILES string of the molecule is COC(=O)c1cccc(NC(=O)CC2(CN)CCCCC2)c1. The summed E-state index contributed by atoms with van der Waals surface area (Å²) in [7, 11) is 1.33. The monoisotopic (exact) mass is 304 g/mol. The lowest BCUT2D eigenvalue weighted by Gasteiger charge is -2.35. The molecule has 1 fully saturated rings. The third-order valence-corrected chi connectivity index (χ3v) is 4.45. The van der Waals surface area contributed by atoms with Gasteiger partial charge in [0.2, 0.25) is 5.91 Å². The van der Waals surface area contributed by atoms with E-state index < -0.39 is 5.97 Å². The van der Waals surface area contributed by atoms with E-state index in [2.05, 4.69) is 10.1 Å². The van der Waals surface area contributed by atoms with Crippen molar-refractivity contribution in [1.82, 2.24) is 0 Å². The van der Waals surface area contributed by atoms with Crippen molar-refractivity contribution in [2.75, 3.05) is 19.0 Å². The lowest BCUT2D eigenvalue weighted by molar-refractivity contribution is -0.118. The van der Waals surface area contributed by atoms with Gasteiger partial charge in [-0.1, -0.05) is 25.3 Å². The number of methoxy groups -OCH3 is 1. The Hall–Kier alpha value is -1.88. The maximum atomic E-state index is 12.3. The first-order valence-corrected chi connectivity index (χ1v) is 7.77. The molecule has 0 unspecified atom stereocenters. The van der Waals surface area contributed by atoms with Gasteiger partial charge in [0, 0.05) is 12.1 Å². The average Bonchev–Trinajstić information content (AvgIpc) is 2.55. The quantitative estimate of drug-likeness (QED) is 0.820. The fourth-order valence-corrected chi connectivity index (χ4v) is 3.14. The first-order chi connectivity index (χ1) is 10.6. The van der Waals surface area contributed by atoms with Crippen LogP contribution in [-0.2, 0) is 9.53 Å². The van der Waals surface area contributed by atoms with E-state index in [9.17, 15) is 9.59 Å². The zero-order valence-electron chi connectivity index (χ0n) is 13.1. The molecule has 0 heterocycles. The van der Waals surface area contributed by atoms with Crippen LogP contribution in [0.25, 0.3) is 0 Å². The standard InChI is InChI=1S/C17H24N2O3/c1-22-16(21)13-6-5-7-14(10-13)19-15(20)11-17(12-18)8-3-2-4-9-17/h5-7,10H,2-4,8-9,11-12,18H2,1H3,(H,19,20). The summed E-state index contributed by atoms with van der Waals surface area (Å²) < 4.78 is 4.68. The maximum Gasteiger partial charge on any atom is 0.337 e. The lowest BCUT2D eigenvalue weighted by Crippen LogP contribution is -2.36. The summed E-state index contributed by atoms with van der Waals surface area (Å²) in [5.41, 5.74) is 6.88. The number of hydrogen-bond donors (Lipinski definition) is 2. The van der Waals surface area contributed by atoms with Crippen LogP contribution in [0, 0.1) is 5.41 Å². The molecule has 5 nitrogen and oxygen atoms in total. The minimum absolute atomic E-state index is 0.0469. The smallest absolute Gasteiger partial charge is 0.337 e. The minimum atomic E-state index is -0.415. The number of rotatable bonds is 5. The molecule has 3 N–H and O–H groups in total. The van der Waals surface area contributed by atoms with Crippen LogP contribution in [0.5, 0.6) is 0 Å². The Balaban J connectivity index is 2.01. The fraction of sp³-hybridized carbons (Fsp3) is 0.529. The van der Waals surface area contributed by atoms with Crippen LogP contribution in [0.3, 0.4) is 0 Å². The molecule has 1 aliphatic carbocycles. The number of benzene rings is 1. The molecule has 0 aliphatic heterocycles. The summed E-state index contributed by atoms with van der Waals surface area (Å²) in [5, 5.41) is 2.87. The van der Waals surface area contributed by atoms with Crippen LogP contribution in [0.1, 0.15) is 48.9 Å². The summed E-state index contributed by atoms with van der Waals surface area (Å²) in [6.45, 7) is 0.544. The van der Waals surface area contributed by atoms with Crippen molar-refractivity contribution in [3.05, 3.63) is 29.8 Å². The topological polar surface area (TPSA) is 81.4 Å². The van der Waals surface area contributed by atoms with Crippen molar-refractivity contribution in [3.63, 3.8) is 0 Å². The fourth-order valence-electron chi connectivity index (χ4n) is 3.14. The average molecular weight is 304 g/mol. The van der Waals surface area contributed by atoms with E-state index in [4.69, 9.17) is 5.73 Å². The van der Waals surface area contributed by atoms with Crippen LogP contribution < -0.4 is 11.1 Å². The van der Waals surface area contributed by atoms with Crippen molar-refractivity contribution in [1.29, 1.82) is 0 Å². The Morgan fingerprint density at radius 3 is 2.64 bits per heavy atom. The molecule has 0 spiro atoms. The highest BCUT2D eigenvalue weighted by Gasteiger charge is 2.32. The van der Waals surface area contributed by atoms with Crippen LogP contribution >= 0.6 is 0 Å². The van der Waals surface area contributed by atoms with Gasteiger partial charge in [-0.05, 0) is 43.0 Å². The first-order valence-electron chi connectivity index (χ1n) is 7.77. The van der Waals surface area contributed by atoms with Gasteiger partial charge in [-0.3, -0.25) is 4.79 Å². The summed E-state index contributed by atoms with van der Waals surface area (Å²) in [4.78, 5) is 23.8. The molecule has 0 atom stereocenters. The molecule has 2 rings (SSSR count). The summed E-state index contributed by atoms with van der Waals surface area (Å²) >= 11 is 0. The van der Waals surface area contributed by atoms with Crippen molar-refractivity contribution in [2.24, 2.45) is 11.1 Å². The zero-order chi connectivity index (χ0) is 16.0. The van der Waals surface area contributed by atoms with Crippen molar-refractivity contribution in [3.8, 4) is 0 Å². The molecule has 0 bridgehead atoms. The molecular formula is C17H24N2O3. The van der Waals surface area contributed by atoms with E-state index in [1.54, 1.807) is 24.3 Å². The highest BCUT2D eigenvalue weighted by molar-refractivity contribution is 5.94. The molecule has 0 radical (unpaired) electrons. The first kappa shape index (κ1) is 16.5. The molecule has 0 aromatic heterocycles. The van der Waals surface area contributed by atoms with Gasteiger partial charge >= 0.3 is 5.97 Å². The molecule has 1 amide bonds. The molecule has 22 heavy (non-hydrogen) atoms. The Kier molecular flexibility index (Phi) is 5.55. The Labute approximate surface area is 131 Å². The van der Waals surface area contributed by atoms with Gasteiger partial charge in [0.05, 0.1) is 12.7 Å².